The largest absolute Gasteiger partial charge is 0.417 e. The number of hydrogen-bond donors (Lipinski definition) is 0. The molecule has 0 spiro atoms. The number of halogens is 4. The van der Waals surface area contributed by atoms with Gasteiger partial charge in [0.25, 0.3) is 5.56 Å². The van der Waals surface area contributed by atoms with Gasteiger partial charge in [0, 0.05) is 12.7 Å². The van der Waals surface area contributed by atoms with Crippen LogP contribution in [0.5, 0.6) is 0 Å². The Morgan fingerprint density at radius 2 is 1.93 bits per heavy atom. The molecule has 2 aromatic heterocycles. The van der Waals surface area contributed by atoms with E-state index in [1.807, 2.05) is 25.7 Å². The van der Waals surface area contributed by atoms with Crippen LogP contribution in [0.2, 0.25) is 5.02 Å². The van der Waals surface area contributed by atoms with Crippen molar-refractivity contribution in [3.05, 3.63) is 45.5 Å². The van der Waals surface area contributed by atoms with Gasteiger partial charge in [0.1, 0.15) is 5.02 Å². The molecule has 6 nitrogen and oxygen atoms in total. The van der Waals surface area contributed by atoms with Gasteiger partial charge in [-0.1, -0.05) is 11.6 Å². The number of morpholine rings is 1. The van der Waals surface area contributed by atoms with E-state index in [2.05, 4.69) is 10.1 Å². The molecular weight excluding hydrogens is 385 g/mol. The zero-order valence-corrected chi connectivity index (χ0v) is 15.6. The number of rotatable bonds is 2. The minimum absolute atomic E-state index is 0.0278. The van der Waals surface area contributed by atoms with Crippen LogP contribution in [0, 0.1) is 0 Å². The third-order valence-corrected chi connectivity index (χ3v) is 4.93. The van der Waals surface area contributed by atoms with Crippen molar-refractivity contribution in [3.63, 3.8) is 0 Å². The van der Waals surface area contributed by atoms with E-state index in [1.165, 1.54) is 6.20 Å². The molecule has 0 aromatic carbocycles. The molecule has 146 valence electrons. The predicted molar refractivity (Wildman–Crippen MR) is 94.5 cm³/mol. The molecule has 0 aliphatic carbocycles. The summed E-state index contributed by atoms with van der Waals surface area (Å²) in [5.74, 6) is -0.0433. The first-order valence-electron chi connectivity index (χ1n) is 8.33. The molecule has 1 fully saturated rings. The maximum atomic E-state index is 12.7. The zero-order chi connectivity index (χ0) is 19.9. The van der Waals surface area contributed by atoms with Crippen LogP contribution in [0.3, 0.4) is 0 Å². The number of ether oxygens (including phenoxy) is 1. The first-order valence-corrected chi connectivity index (χ1v) is 8.71. The van der Waals surface area contributed by atoms with Crippen LogP contribution >= 0.6 is 11.6 Å². The van der Waals surface area contributed by atoms with Gasteiger partial charge in [-0.05, 0) is 32.9 Å². The summed E-state index contributed by atoms with van der Waals surface area (Å²) in [4.78, 5) is 18.3. The SMILES string of the molecule is CC1CN(c2cnn(-c3ccc(C(F)(F)F)cn3)c(=O)c2Cl)C(C)C(C)O1. The topological polar surface area (TPSA) is 60.2 Å². The Hall–Kier alpha value is -2.13. The maximum Gasteiger partial charge on any atom is 0.417 e. The number of nitrogens with zero attached hydrogens (tertiary/aromatic N) is 4. The summed E-state index contributed by atoms with van der Waals surface area (Å²) in [5.41, 5.74) is -1.10. The van der Waals surface area contributed by atoms with Gasteiger partial charge in [-0.3, -0.25) is 4.79 Å². The first kappa shape index (κ1) is 19.6. The molecule has 3 heterocycles. The van der Waals surface area contributed by atoms with Crippen LogP contribution < -0.4 is 10.5 Å². The fourth-order valence-corrected chi connectivity index (χ4v) is 3.24. The number of anilines is 1. The predicted octanol–water partition coefficient (Wildman–Crippen LogP) is 3.30. The molecule has 1 aliphatic rings. The highest BCUT2D eigenvalue weighted by Crippen LogP contribution is 2.30. The quantitative estimate of drug-likeness (QED) is 0.771. The lowest BCUT2D eigenvalue weighted by atomic mass is 10.1. The van der Waals surface area contributed by atoms with E-state index in [-0.39, 0.29) is 29.1 Å². The molecule has 0 saturated carbocycles. The standard InChI is InChI=1S/C17H18ClF3N4O2/c1-9-8-24(10(2)11(3)27-9)13-7-23-25(16(26)15(13)18)14-5-4-12(6-22-14)17(19,20)21/h4-7,9-11H,8H2,1-3H3. The van der Waals surface area contributed by atoms with Crippen LogP contribution in [0.15, 0.2) is 29.3 Å². The van der Waals surface area contributed by atoms with Crippen molar-refractivity contribution in [2.45, 2.75) is 45.2 Å². The normalized spacial score (nSPS) is 23.5. The van der Waals surface area contributed by atoms with Gasteiger partial charge >= 0.3 is 6.18 Å². The fraction of sp³-hybridized carbons (Fsp3) is 0.471. The molecule has 27 heavy (non-hydrogen) atoms. The molecule has 10 heteroatoms. The van der Waals surface area contributed by atoms with E-state index in [4.69, 9.17) is 16.3 Å². The molecule has 3 rings (SSSR count). The number of alkyl halides is 3. The number of aromatic nitrogens is 3. The lowest BCUT2D eigenvalue weighted by Gasteiger charge is -2.42. The Morgan fingerprint density at radius 3 is 2.52 bits per heavy atom. The van der Waals surface area contributed by atoms with Crippen molar-refractivity contribution in [1.29, 1.82) is 0 Å². The van der Waals surface area contributed by atoms with Crippen molar-refractivity contribution in [3.8, 4) is 5.82 Å². The van der Waals surface area contributed by atoms with Gasteiger partial charge in [-0.25, -0.2) is 4.98 Å². The summed E-state index contributed by atoms with van der Waals surface area (Å²) in [5, 5.41) is 3.98. The summed E-state index contributed by atoms with van der Waals surface area (Å²) in [7, 11) is 0. The minimum atomic E-state index is -4.51. The lowest BCUT2D eigenvalue weighted by molar-refractivity contribution is -0.137. The summed E-state index contributed by atoms with van der Waals surface area (Å²) >= 11 is 6.28. The third-order valence-electron chi connectivity index (χ3n) is 4.57. The highest BCUT2D eigenvalue weighted by molar-refractivity contribution is 6.33. The van der Waals surface area contributed by atoms with Gasteiger partial charge in [-0.15, -0.1) is 0 Å². The summed E-state index contributed by atoms with van der Waals surface area (Å²) in [6, 6.07) is 1.89. The molecule has 2 aromatic rings. The highest BCUT2D eigenvalue weighted by atomic mass is 35.5. The Kier molecular flexibility index (Phi) is 5.18. The second-order valence-corrected chi connectivity index (χ2v) is 6.89. The average molecular weight is 403 g/mol. The van der Waals surface area contributed by atoms with E-state index >= 15 is 0 Å². The highest BCUT2D eigenvalue weighted by Gasteiger charge is 2.32. The summed E-state index contributed by atoms with van der Waals surface area (Å²) < 4.78 is 44.6. The zero-order valence-electron chi connectivity index (χ0n) is 14.9. The van der Waals surface area contributed by atoms with Crippen LogP contribution in [0.25, 0.3) is 5.82 Å². The Balaban J connectivity index is 1.97. The molecule has 1 aliphatic heterocycles. The lowest BCUT2D eigenvalue weighted by Crippen LogP contribution is -2.52. The molecular formula is C17H18ClF3N4O2. The van der Waals surface area contributed by atoms with E-state index in [0.717, 1.165) is 16.8 Å². The second kappa shape index (κ2) is 7.12. The Morgan fingerprint density at radius 1 is 1.22 bits per heavy atom. The number of hydrogen-bond acceptors (Lipinski definition) is 5. The molecule has 3 unspecified atom stereocenters. The van der Waals surface area contributed by atoms with Crippen molar-refractivity contribution in [2.24, 2.45) is 0 Å². The molecule has 3 atom stereocenters. The van der Waals surface area contributed by atoms with E-state index < -0.39 is 17.3 Å². The molecule has 1 saturated heterocycles. The Bertz CT molecular complexity index is 885. The summed E-state index contributed by atoms with van der Waals surface area (Å²) in [6.07, 6.45) is -2.55. The van der Waals surface area contributed by atoms with Gasteiger partial charge in [0.2, 0.25) is 0 Å². The van der Waals surface area contributed by atoms with Gasteiger partial charge in [-0.2, -0.15) is 23.0 Å². The van der Waals surface area contributed by atoms with Crippen molar-refractivity contribution < 1.29 is 17.9 Å². The van der Waals surface area contributed by atoms with E-state index in [9.17, 15) is 18.0 Å². The van der Waals surface area contributed by atoms with Gasteiger partial charge < -0.3 is 9.64 Å². The number of pyridine rings is 1. The molecule has 0 radical (unpaired) electrons. The van der Waals surface area contributed by atoms with E-state index in [0.29, 0.717) is 18.4 Å². The Labute approximate surface area is 158 Å². The van der Waals surface area contributed by atoms with Crippen molar-refractivity contribution >= 4 is 17.3 Å². The van der Waals surface area contributed by atoms with Gasteiger partial charge in [0.15, 0.2) is 5.82 Å². The van der Waals surface area contributed by atoms with Crippen molar-refractivity contribution in [2.75, 3.05) is 11.4 Å². The van der Waals surface area contributed by atoms with Crippen LogP contribution in [0.1, 0.15) is 26.3 Å². The molecule has 0 N–H and O–H groups in total. The second-order valence-electron chi connectivity index (χ2n) is 6.51. The van der Waals surface area contributed by atoms with Crippen LogP contribution in [-0.2, 0) is 10.9 Å². The average Bonchev–Trinajstić information content (AvgIpc) is 2.60. The first-order chi connectivity index (χ1) is 12.6. The minimum Gasteiger partial charge on any atom is -0.372 e. The molecule has 0 amide bonds. The maximum absolute atomic E-state index is 12.7. The van der Waals surface area contributed by atoms with Gasteiger partial charge in [0.05, 0.1) is 35.7 Å². The fourth-order valence-electron chi connectivity index (χ4n) is 3.00. The smallest absolute Gasteiger partial charge is 0.372 e. The monoisotopic (exact) mass is 402 g/mol. The molecule has 0 bridgehead atoms. The summed E-state index contributed by atoms with van der Waals surface area (Å²) in [6.45, 7) is 6.34. The van der Waals surface area contributed by atoms with Crippen molar-refractivity contribution in [1.82, 2.24) is 14.8 Å². The third kappa shape index (κ3) is 3.79. The van der Waals surface area contributed by atoms with Crippen LogP contribution in [-0.4, -0.2) is 39.6 Å². The van der Waals surface area contributed by atoms with E-state index in [1.54, 1.807) is 0 Å². The van der Waals surface area contributed by atoms with Crippen LogP contribution in [0.4, 0.5) is 18.9 Å².